The van der Waals surface area contributed by atoms with E-state index in [1.165, 1.54) is 29.8 Å². The van der Waals surface area contributed by atoms with Gasteiger partial charge in [0.25, 0.3) is 0 Å². The fraction of sp³-hybridized carbons (Fsp3) is 0.800. The molecule has 2 fully saturated rings. The Morgan fingerprint density at radius 3 is 2.68 bits per heavy atom. The molecule has 3 heterocycles. The van der Waals surface area contributed by atoms with Gasteiger partial charge in [0.1, 0.15) is 0 Å². The summed E-state index contributed by atoms with van der Waals surface area (Å²) in [6.07, 6.45) is 4.85. The van der Waals surface area contributed by atoms with E-state index in [9.17, 15) is 0 Å². The molecule has 3 rings (SSSR count). The van der Waals surface area contributed by atoms with Crippen molar-refractivity contribution in [1.82, 2.24) is 15.1 Å². The Hall–Kier alpha value is -0.870. The summed E-state index contributed by atoms with van der Waals surface area (Å²) in [5, 5.41) is 8.36. The lowest BCUT2D eigenvalue weighted by molar-refractivity contribution is 0.0849. The monoisotopic (exact) mass is 263 g/mol. The van der Waals surface area contributed by atoms with Gasteiger partial charge >= 0.3 is 0 Å². The third-order valence-corrected chi connectivity index (χ3v) is 4.72. The van der Waals surface area contributed by atoms with E-state index in [0.717, 1.165) is 39.1 Å². The number of nitrogens with one attached hydrogen (secondary N) is 1. The Labute approximate surface area is 115 Å². The molecule has 0 bridgehead atoms. The van der Waals surface area contributed by atoms with Crippen LogP contribution in [0.5, 0.6) is 0 Å². The van der Waals surface area contributed by atoms with E-state index in [-0.39, 0.29) is 0 Å². The minimum absolute atomic E-state index is 0.603. The second-order valence-corrected chi connectivity index (χ2v) is 5.94. The van der Waals surface area contributed by atoms with Gasteiger partial charge in [-0.3, -0.25) is 4.68 Å². The minimum Gasteiger partial charge on any atom is -0.381 e. The van der Waals surface area contributed by atoms with Crippen LogP contribution in [0, 0.1) is 6.92 Å². The zero-order valence-electron chi connectivity index (χ0n) is 12.1. The lowest BCUT2D eigenvalue weighted by atomic mass is 9.84. The SMILES string of the molecule is Cc1c(C2CCOCC2)c(C2CCCNC2)nn1C. The quantitative estimate of drug-likeness (QED) is 0.888. The van der Waals surface area contributed by atoms with E-state index in [0.29, 0.717) is 11.8 Å². The van der Waals surface area contributed by atoms with Gasteiger partial charge in [-0.2, -0.15) is 5.10 Å². The van der Waals surface area contributed by atoms with E-state index in [1.54, 1.807) is 0 Å². The first-order valence-electron chi connectivity index (χ1n) is 7.59. The zero-order valence-corrected chi connectivity index (χ0v) is 12.1. The molecule has 4 nitrogen and oxygen atoms in total. The summed E-state index contributed by atoms with van der Waals surface area (Å²) in [5.74, 6) is 1.26. The van der Waals surface area contributed by atoms with E-state index in [4.69, 9.17) is 9.84 Å². The highest BCUT2D eigenvalue weighted by molar-refractivity contribution is 5.33. The maximum absolute atomic E-state index is 5.51. The third-order valence-electron chi connectivity index (χ3n) is 4.72. The van der Waals surface area contributed by atoms with E-state index < -0.39 is 0 Å². The lowest BCUT2D eigenvalue weighted by Gasteiger charge is -2.27. The van der Waals surface area contributed by atoms with Gasteiger partial charge in [0.05, 0.1) is 5.69 Å². The normalized spacial score (nSPS) is 25.7. The first-order chi connectivity index (χ1) is 9.27. The third kappa shape index (κ3) is 2.56. The highest BCUT2D eigenvalue weighted by Gasteiger charge is 2.29. The molecule has 19 heavy (non-hydrogen) atoms. The van der Waals surface area contributed by atoms with Crippen molar-refractivity contribution in [2.75, 3.05) is 26.3 Å². The van der Waals surface area contributed by atoms with Crippen molar-refractivity contribution < 1.29 is 4.74 Å². The Morgan fingerprint density at radius 1 is 1.21 bits per heavy atom. The molecular formula is C15H25N3O. The van der Waals surface area contributed by atoms with Crippen LogP contribution in [-0.4, -0.2) is 36.1 Å². The van der Waals surface area contributed by atoms with Crippen molar-refractivity contribution in [3.8, 4) is 0 Å². The topological polar surface area (TPSA) is 39.1 Å². The molecule has 1 unspecified atom stereocenters. The van der Waals surface area contributed by atoms with Crippen LogP contribution in [0.3, 0.4) is 0 Å². The Morgan fingerprint density at radius 2 is 2.00 bits per heavy atom. The van der Waals surface area contributed by atoms with Gasteiger partial charge < -0.3 is 10.1 Å². The van der Waals surface area contributed by atoms with Crippen LogP contribution in [0.1, 0.15) is 54.5 Å². The van der Waals surface area contributed by atoms with Gasteiger partial charge in [-0.1, -0.05) is 0 Å². The van der Waals surface area contributed by atoms with E-state index in [2.05, 4.69) is 24.0 Å². The fourth-order valence-electron chi connectivity index (χ4n) is 3.53. The van der Waals surface area contributed by atoms with Gasteiger partial charge in [-0.15, -0.1) is 0 Å². The number of ether oxygens (including phenoxy) is 1. The van der Waals surface area contributed by atoms with E-state index in [1.807, 2.05) is 0 Å². The van der Waals surface area contributed by atoms with Crippen molar-refractivity contribution in [1.29, 1.82) is 0 Å². The Kier molecular flexibility index (Phi) is 3.89. The minimum atomic E-state index is 0.603. The number of hydrogen-bond acceptors (Lipinski definition) is 3. The van der Waals surface area contributed by atoms with E-state index >= 15 is 0 Å². The highest BCUT2D eigenvalue weighted by Crippen LogP contribution is 2.36. The Balaban J connectivity index is 1.91. The molecule has 0 saturated carbocycles. The summed E-state index contributed by atoms with van der Waals surface area (Å²) in [4.78, 5) is 0. The molecule has 0 radical (unpaired) electrons. The number of aromatic nitrogens is 2. The average molecular weight is 263 g/mol. The summed E-state index contributed by atoms with van der Waals surface area (Å²) >= 11 is 0. The van der Waals surface area contributed by atoms with Crippen LogP contribution in [-0.2, 0) is 11.8 Å². The van der Waals surface area contributed by atoms with Crippen molar-refractivity contribution in [3.05, 3.63) is 17.0 Å². The first-order valence-corrected chi connectivity index (χ1v) is 7.59. The van der Waals surface area contributed by atoms with Gasteiger partial charge in [0.2, 0.25) is 0 Å². The smallest absolute Gasteiger partial charge is 0.0705 e. The van der Waals surface area contributed by atoms with Gasteiger partial charge in [-0.05, 0) is 50.6 Å². The molecule has 2 aliphatic heterocycles. The van der Waals surface area contributed by atoms with Crippen LogP contribution in [0.2, 0.25) is 0 Å². The summed E-state index contributed by atoms with van der Waals surface area (Å²) in [7, 11) is 2.08. The second kappa shape index (κ2) is 5.63. The molecule has 106 valence electrons. The highest BCUT2D eigenvalue weighted by atomic mass is 16.5. The molecule has 2 saturated heterocycles. The first kappa shape index (κ1) is 13.1. The molecule has 1 aromatic heterocycles. The number of hydrogen-bond donors (Lipinski definition) is 1. The molecule has 1 aromatic rings. The van der Waals surface area contributed by atoms with Crippen LogP contribution < -0.4 is 5.32 Å². The molecule has 4 heteroatoms. The molecule has 1 N–H and O–H groups in total. The fourth-order valence-corrected chi connectivity index (χ4v) is 3.53. The summed E-state index contributed by atoms with van der Waals surface area (Å²) in [5.41, 5.74) is 4.24. The average Bonchev–Trinajstić information content (AvgIpc) is 2.77. The van der Waals surface area contributed by atoms with Gasteiger partial charge in [0.15, 0.2) is 0 Å². The number of piperidine rings is 1. The van der Waals surface area contributed by atoms with Crippen LogP contribution in [0.4, 0.5) is 0 Å². The van der Waals surface area contributed by atoms with Crippen LogP contribution in [0.15, 0.2) is 0 Å². The lowest BCUT2D eigenvalue weighted by Crippen LogP contribution is -2.29. The van der Waals surface area contributed by atoms with Crippen molar-refractivity contribution in [2.24, 2.45) is 7.05 Å². The van der Waals surface area contributed by atoms with Crippen LogP contribution in [0.25, 0.3) is 0 Å². The Bertz CT molecular complexity index is 429. The zero-order chi connectivity index (χ0) is 13.2. The predicted molar refractivity (Wildman–Crippen MR) is 75.6 cm³/mol. The molecule has 0 aliphatic carbocycles. The van der Waals surface area contributed by atoms with Gasteiger partial charge in [0, 0.05) is 38.4 Å². The molecule has 0 amide bonds. The maximum atomic E-state index is 5.51. The standard InChI is InChI=1S/C15H25N3O/c1-11-14(12-5-8-19-9-6-12)15(17-18(11)2)13-4-3-7-16-10-13/h12-13,16H,3-10H2,1-2H3. The maximum Gasteiger partial charge on any atom is 0.0705 e. The summed E-state index contributed by atoms with van der Waals surface area (Å²) in [6, 6.07) is 0. The van der Waals surface area contributed by atoms with Gasteiger partial charge in [-0.25, -0.2) is 0 Å². The molecule has 0 aromatic carbocycles. The second-order valence-electron chi connectivity index (χ2n) is 5.94. The molecule has 0 spiro atoms. The number of rotatable bonds is 2. The number of nitrogens with zero attached hydrogens (tertiary/aromatic N) is 2. The number of aryl methyl sites for hydroxylation is 1. The summed E-state index contributed by atoms with van der Waals surface area (Å²) < 4.78 is 7.59. The van der Waals surface area contributed by atoms with Crippen molar-refractivity contribution >= 4 is 0 Å². The predicted octanol–water partition coefficient (Wildman–Crippen LogP) is 2.09. The van der Waals surface area contributed by atoms with Crippen molar-refractivity contribution in [2.45, 2.75) is 44.4 Å². The largest absolute Gasteiger partial charge is 0.381 e. The molecule has 1 atom stereocenters. The van der Waals surface area contributed by atoms with Crippen LogP contribution >= 0.6 is 0 Å². The summed E-state index contributed by atoms with van der Waals surface area (Å²) in [6.45, 7) is 6.28. The molecule has 2 aliphatic rings. The molecular weight excluding hydrogens is 238 g/mol. The van der Waals surface area contributed by atoms with Crippen molar-refractivity contribution in [3.63, 3.8) is 0 Å².